The van der Waals surface area contributed by atoms with Gasteiger partial charge < -0.3 is 10.6 Å². The fourth-order valence-electron chi connectivity index (χ4n) is 3.34. The van der Waals surface area contributed by atoms with Crippen LogP contribution in [0.3, 0.4) is 0 Å². The van der Waals surface area contributed by atoms with Crippen LogP contribution in [0.1, 0.15) is 28.8 Å². The second kappa shape index (κ2) is 9.75. The van der Waals surface area contributed by atoms with Crippen LogP contribution in [0, 0.1) is 10.1 Å². The monoisotopic (exact) mass is 486 g/mol. The van der Waals surface area contributed by atoms with Crippen molar-refractivity contribution < 1.29 is 31.3 Å². The second-order valence-corrected chi connectivity index (χ2v) is 9.21. The van der Waals surface area contributed by atoms with Crippen LogP contribution >= 0.6 is 0 Å². The zero-order valence-electron chi connectivity index (χ0n) is 17.3. The topological polar surface area (TPSA) is 122 Å². The van der Waals surface area contributed by atoms with E-state index in [2.05, 4.69) is 10.6 Å². The van der Waals surface area contributed by atoms with Crippen molar-refractivity contribution in [2.75, 3.05) is 31.5 Å². The third-order valence-electron chi connectivity index (χ3n) is 5.06. The van der Waals surface area contributed by atoms with Gasteiger partial charge in [0.15, 0.2) is 0 Å². The Kier molecular flexibility index (Phi) is 7.22. The average Bonchev–Trinajstić information content (AvgIpc) is 3.32. The maximum absolute atomic E-state index is 13.0. The van der Waals surface area contributed by atoms with Crippen LogP contribution in [0.2, 0.25) is 0 Å². The molecule has 2 aromatic carbocycles. The quantitative estimate of drug-likeness (QED) is 0.336. The summed E-state index contributed by atoms with van der Waals surface area (Å²) in [5.74, 6) is -0.598. The van der Waals surface area contributed by atoms with Gasteiger partial charge in [0.25, 0.3) is 11.6 Å². The molecule has 0 atom stereocenters. The molecule has 1 aliphatic heterocycles. The van der Waals surface area contributed by atoms with Gasteiger partial charge in [-0.25, -0.2) is 8.42 Å². The first-order valence-corrected chi connectivity index (χ1v) is 11.4. The third-order valence-corrected chi connectivity index (χ3v) is 7.00. The molecule has 1 aliphatic rings. The molecule has 0 radical (unpaired) electrons. The highest BCUT2D eigenvalue weighted by Crippen LogP contribution is 2.31. The fourth-order valence-corrected chi connectivity index (χ4v) is 5.04. The summed E-state index contributed by atoms with van der Waals surface area (Å²) in [6.45, 7) is 0.758. The Balaban J connectivity index is 1.66. The van der Waals surface area contributed by atoms with E-state index in [0.29, 0.717) is 25.9 Å². The summed E-state index contributed by atoms with van der Waals surface area (Å²) >= 11 is 0. The van der Waals surface area contributed by atoms with Crippen molar-refractivity contribution in [1.82, 2.24) is 9.62 Å². The minimum Gasteiger partial charge on any atom is -0.382 e. The molecule has 9 nitrogen and oxygen atoms in total. The molecule has 0 spiro atoms. The normalized spacial score (nSPS) is 14.8. The second-order valence-electron chi connectivity index (χ2n) is 7.31. The first-order valence-electron chi connectivity index (χ1n) is 9.98. The van der Waals surface area contributed by atoms with Gasteiger partial charge in [-0.15, -0.1) is 0 Å². The minimum atomic E-state index is -4.50. The Morgan fingerprint density at radius 1 is 1.06 bits per heavy atom. The van der Waals surface area contributed by atoms with E-state index in [0.717, 1.165) is 30.3 Å². The SMILES string of the molecule is O=C(NCCNc1ccc([N+](=O)[O-])cc1S(=O)(=O)N1CCCC1)c1ccc(C(F)(F)F)cc1. The molecule has 1 saturated heterocycles. The predicted octanol–water partition coefficient (Wildman–Crippen LogP) is 3.24. The number of carbonyl (C=O) groups excluding carboxylic acids is 1. The molecular weight excluding hydrogens is 465 g/mol. The molecule has 0 bridgehead atoms. The number of rotatable bonds is 8. The number of halogens is 3. The summed E-state index contributed by atoms with van der Waals surface area (Å²) in [4.78, 5) is 22.4. The van der Waals surface area contributed by atoms with Crippen LogP contribution in [0.5, 0.6) is 0 Å². The molecule has 33 heavy (non-hydrogen) atoms. The highest BCUT2D eigenvalue weighted by atomic mass is 32.2. The molecule has 1 heterocycles. The molecule has 13 heteroatoms. The summed E-state index contributed by atoms with van der Waals surface area (Å²) in [5, 5.41) is 16.5. The van der Waals surface area contributed by atoms with Gasteiger partial charge in [-0.3, -0.25) is 14.9 Å². The maximum Gasteiger partial charge on any atom is 0.416 e. The Morgan fingerprint density at radius 2 is 1.70 bits per heavy atom. The molecule has 0 unspecified atom stereocenters. The van der Waals surface area contributed by atoms with Gasteiger partial charge in [-0.1, -0.05) is 0 Å². The number of non-ortho nitro benzene ring substituents is 1. The number of sulfonamides is 1. The van der Waals surface area contributed by atoms with E-state index in [1.165, 1.54) is 16.4 Å². The Bertz CT molecular complexity index is 1130. The number of nitrogens with zero attached hydrogens (tertiary/aromatic N) is 2. The van der Waals surface area contributed by atoms with Crippen molar-refractivity contribution in [2.45, 2.75) is 23.9 Å². The van der Waals surface area contributed by atoms with Gasteiger partial charge in [0.2, 0.25) is 10.0 Å². The van der Waals surface area contributed by atoms with Gasteiger partial charge in [-0.2, -0.15) is 17.5 Å². The Labute approximate surface area is 187 Å². The predicted molar refractivity (Wildman–Crippen MR) is 113 cm³/mol. The van der Waals surface area contributed by atoms with Crippen LogP contribution in [-0.4, -0.2) is 49.7 Å². The van der Waals surface area contributed by atoms with E-state index in [4.69, 9.17) is 0 Å². The van der Waals surface area contributed by atoms with Crippen LogP contribution < -0.4 is 10.6 Å². The van der Waals surface area contributed by atoms with E-state index in [1.54, 1.807) is 0 Å². The maximum atomic E-state index is 13.0. The zero-order valence-corrected chi connectivity index (χ0v) is 18.1. The lowest BCUT2D eigenvalue weighted by atomic mass is 10.1. The zero-order chi connectivity index (χ0) is 24.2. The summed E-state index contributed by atoms with van der Waals surface area (Å²) in [7, 11) is -3.95. The first-order chi connectivity index (χ1) is 15.5. The van der Waals surface area contributed by atoms with Crippen LogP contribution in [0.15, 0.2) is 47.4 Å². The van der Waals surface area contributed by atoms with Crippen molar-refractivity contribution in [2.24, 2.45) is 0 Å². The molecule has 2 N–H and O–H groups in total. The first kappa shape index (κ1) is 24.5. The molecule has 0 saturated carbocycles. The molecule has 178 valence electrons. The molecule has 0 aromatic heterocycles. The standard InChI is InChI=1S/C20H21F3N4O5S/c21-20(22,23)15-5-3-14(4-6-15)19(28)25-10-9-24-17-8-7-16(27(29)30)13-18(17)33(31,32)26-11-1-2-12-26/h3-8,13,24H,1-2,9-12H2,(H,25,28). The van der Waals surface area contributed by atoms with Crippen molar-refractivity contribution >= 4 is 27.3 Å². The Hall–Kier alpha value is -3.19. The lowest BCUT2D eigenvalue weighted by molar-refractivity contribution is -0.385. The smallest absolute Gasteiger partial charge is 0.382 e. The van der Waals surface area contributed by atoms with Gasteiger partial charge in [0, 0.05) is 43.9 Å². The van der Waals surface area contributed by atoms with Crippen molar-refractivity contribution in [3.63, 3.8) is 0 Å². The Morgan fingerprint density at radius 3 is 2.27 bits per heavy atom. The van der Waals surface area contributed by atoms with Crippen molar-refractivity contribution in [3.8, 4) is 0 Å². The number of carbonyl (C=O) groups is 1. The van der Waals surface area contributed by atoms with E-state index < -0.39 is 32.6 Å². The van der Waals surface area contributed by atoms with Gasteiger partial charge in [-0.05, 0) is 43.2 Å². The highest BCUT2D eigenvalue weighted by molar-refractivity contribution is 7.89. The lowest BCUT2D eigenvalue weighted by Gasteiger charge is -2.19. The number of benzene rings is 2. The summed E-state index contributed by atoms with van der Waals surface area (Å²) in [6.07, 6.45) is -3.10. The van der Waals surface area contributed by atoms with E-state index in [1.807, 2.05) is 0 Å². The summed E-state index contributed by atoms with van der Waals surface area (Å²) in [5.41, 5.74) is -1.05. The number of nitro benzene ring substituents is 1. The minimum absolute atomic E-state index is 0.0278. The third kappa shape index (κ3) is 5.79. The van der Waals surface area contributed by atoms with Crippen molar-refractivity contribution in [1.29, 1.82) is 0 Å². The van der Waals surface area contributed by atoms with Crippen LogP contribution in [-0.2, 0) is 16.2 Å². The average molecular weight is 486 g/mol. The summed E-state index contributed by atoms with van der Waals surface area (Å²) in [6, 6.07) is 7.19. The number of alkyl halides is 3. The van der Waals surface area contributed by atoms with Gasteiger partial charge in [0.05, 0.1) is 16.2 Å². The van der Waals surface area contributed by atoms with E-state index >= 15 is 0 Å². The number of nitro groups is 1. The van der Waals surface area contributed by atoms with Gasteiger partial charge in [0.1, 0.15) is 4.90 Å². The van der Waals surface area contributed by atoms with Crippen molar-refractivity contribution in [3.05, 3.63) is 63.7 Å². The highest BCUT2D eigenvalue weighted by Gasteiger charge is 2.31. The number of amides is 1. The lowest BCUT2D eigenvalue weighted by Crippen LogP contribution is -2.30. The number of hydrogen-bond donors (Lipinski definition) is 2. The molecule has 2 aromatic rings. The molecule has 0 aliphatic carbocycles. The molecular formula is C20H21F3N4O5S. The fraction of sp³-hybridized carbons (Fsp3) is 0.350. The molecule has 1 fully saturated rings. The molecule has 3 rings (SSSR count). The molecule has 1 amide bonds. The van der Waals surface area contributed by atoms with E-state index in [-0.39, 0.29) is 34.9 Å². The van der Waals surface area contributed by atoms with Crippen LogP contribution in [0.25, 0.3) is 0 Å². The largest absolute Gasteiger partial charge is 0.416 e. The number of nitrogens with one attached hydrogen (secondary N) is 2. The van der Waals surface area contributed by atoms with Gasteiger partial charge >= 0.3 is 6.18 Å². The van der Waals surface area contributed by atoms with Crippen LogP contribution in [0.4, 0.5) is 24.5 Å². The van der Waals surface area contributed by atoms with E-state index in [9.17, 15) is 36.5 Å². The number of anilines is 1. The number of hydrogen-bond acceptors (Lipinski definition) is 6. The summed E-state index contributed by atoms with van der Waals surface area (Å²) < 4.78 is 65.1.